The summed E-state index contributed by atoms with van der Waals surface area (Å²) in [6.07, 6.45) is -3.63. The molecule has 0 bridgehead atoms. The topological polar surface area (TPSA) is 48.2 Å². The van der Waals surface area contributed by atoms with Crippen LogP contribution < -0.4 is 5.32 Å². The number of nitriles is 1. The lowest BCUT2D eigenvalue weighted by Crippen LogP contribution is -2.27. The second-order valence-electron chi connectivity index (χ2n) is 5.32. The van der Waals surface area contributed by atoms with Gasteiger partial charge < -0.3 is 5.32 Å². The number of amidine groups is 1. The van der Waals surface area contributed by atoms with E-state index in [0.29, 0.717) is 5.17 Å². The molecule has 7 heteroatoms. The highest BCUT2D eigenvalue weighted by atomic mass is 32.2. The lowest BCUT2D eigenvalue weighted by atomic mass is 10.0. The minimum atomic E-state index is -4.55. The first-order valence-corrected chi connectivity index (χ1v) is 7.31. The van der Waals surface area contributed by atoms with Gasteiger partial charge in [-0.15, -0.1) is 0 Å². The highest BCUT2D eigenvalue weighted by molar-refractivity contribution is 8.14. The first kappa shape index (κ1) is 15.7. The molecule has 0 saturated heterocycles. The lowest BCUT2D eigenvalue weighted by Gasteiger charge is -2.26. The van der Waals surface area contributed by atoms with Crippen molar-refractivity contribution >= 4 is 22.6 Å². The van der Waals surface area contributed by atoms with E-state index >= 15 is 0 Å². The van der Waals surface area contributed by atoms with Gasteiger partial charge in [0.25, 0.3) is 0 Å². The molecule has 1 aromatic carbocycles. The number of nitrogens with one attached hydrogen (secondary N) is 1. The molecule has 0 aromatic heterocycles. The van der Waals surface area contributed by atoms with Crippen LogP contribution in [0.15, 0.2) is 23.2 Å². The number of nitrogens with zero attached hydrogens (tertiary/aromatic N) is 2. The Morgan fingerprint density at radius 1 is 1.38 bits per heavy atom. The summed E-state index contributed by atoms with van der Waals surface area (Å²) in [5.41, 5.74) is -1.25. The summed E-state index contributed by atoms with van der Waals surface area (Å²) in [7, 11) is 0. The molecule has 1 aromatic rings. The fourth-order valence-corrected chi connectivity index (χ4v) is 3.20. The van der Waals surface area contributed by atoms with Crippen LogP contribution in [0.4, 0.5) is 18.9 Å². The molecule has 0 amide bonds. The van der Waals surface area contributed by atoms with E-state index in [1.807, 2.05) is 13.8 Å². The third-order valence-electron chi connectivity index (χ3n) is 3.05. The van der Waals surface area contributed by atoms with Gasteiger partial charge in [-0.2, -0.15) is 18.4 Å². The molecule has 0 fully saturated rings. The van der Waals surface area contributed by atoms with E-state index in [2.05, 4.69) is 10.3 Å². The summed E-state index contributed by atoms with van der Waals surface area (Å²) >= 11 is 1.48. The van der Waals surface area contributed by atoms with Crippen LogP contribution in [0.2, 0.25) is 0 Å². The Bertz CT molecular complexity index is 615. The Kier molecular flexibility index (Phi) is 4.19. The number of aliphatic imine (C=N–C) groups is 1. The zero-order valence-corrected chi connectivity index (χ0v) is 12.4. The Morgan fingerprint density at radius 3 is 2.67 bits per heavy atom. The maximum atomic E-state index is 12.9. The molecule has 21 heavy (non-hydrogen) atoms. The summed E-state index contributed by atoms with van der Waals surface area (Å²) in [4.78, 5) is 4.47. The maximum Gasteiger partial charge on any atom is 0.417 e. The monoisotopic (exact) mass is 313 g/mol. The molecule has 0 unspecified atom stereocenters. The third kappa shape index (κ3) is 3.91. The quantitative estimate of drug-likeness (QED) is 0.842. The van der Waals surface area contributed by atoms with Crippen molar-refractivity contribution in [2.75, 3.05) is 11.1 Å². The second-order valence-corrected chi connectivity index (χ2v) is 6.41. The van der Waals surface area contributed by atoms with Gasteiger partial charge in [0.1, 0.15) is 0 Å². The Balaban J connectivity index is 2.30. The summed E-state index contributed by atoms with van der Waals surface area (Å²) in [6, 6.07) is 5.14. The van der Waals surface area contributed by atoms with Crippen LogP contribution in [0, 0.1) is 11.3 Å². The number of anilines is 1. The SMILES string of the molecule is CC1(C)CCSC(Nc2ccc(C#N)c(C(F)(F)F)c2)=N1. The number of halogens is 3. The summed E-state index contributed by atoms with van der Waals surface area (Å²) < 4.78 is 38.7. The lowest BCUT2D eigenvalue weighted by molar-refractivity contribution is -0.137. The van der Waals surface area contributed by atoms with Gasteiger partial charge in [0.2, 0.25) is 0 Å². The van der Waals surface area contributed by atoms with Crippen LogP contribution in [0.3, 0.4) is 0 Å². The number of thioether (sulfide) groups is 1. The standard InChI is InChI=1S/C14H14F3N3S/c1-13(2)5-6-21-12(20-13)19-10-4-3-9(8-18)11(7-10)14(15,16)17/h3-4,7H,5-6H2,1-2H3,(H,19,20). The number of alkyl halides is 3. The van der Waals surface area contributed by atoms with Crippen LogP contribution in [0.25, 0.3) is 0 Å². The van der Waals surface area contributed by atoms with Crippen molar-refractivity contribution in [1.29, 1.82) is 5.26 Å². The van der Waals surface area contributed by atoms with E-state index in [4.69, 9.17) is 5.26 Å². The third-order valence-corrected chi connectivity index (χ3v) is 3.93. The zero-order valence-electron chi connectivity index (χ0n) is 11.6. The van der Waals surface area contributed by atoms with Crippen molar-refractivity contribution in [1.82, 2.24) is 0 Å². The molecule has 3 nitrogen and oxygen atoms in total. The van der Waals surface area contributed by atoms with Crippen molar-refractivity contribution in [3.05, 3.63) is 29.3 Å². The second kappa shape index (κ2) is 5.60. The molecule has 1 N–H and O–H groups in total. The average Bonchev–Trinajstić information content (AvgIpc) is 2.36. The van der Waals surface area contributed by atoms with Crippen LogP contribution in [-0.2, 0) is 6.18 Å². The molecule has 0 radical (unpaired) electrons. The summed E-state index contributed by atoms with van der Waals surface area (Å²) in [6.45, 7) is 3.96. The predicted molar refractivity (Wildman–Crippen MR) is 78.4 cm³/mol. The fraction of sp³-hybridized carbons (Fsp3) is 0.429. The van der Waals surface area contributed by atoms with Crippen molar-refractivity contribution in [3.63, 3.8) is 0 Å². The van der Waals surface area contributed by atoms with Gasteiger partial charge in [0, 0.05) is 11.4 Å². The Hall–Kier alpha value is -1.68. The van der Waals surface area contributed by atoms with E-state index in [9.17, 15) is 13.2 Å². The van der Waals surface area contributed by atoms with Gasteiger partial charge >= 0.3 is 6.18 Å². The highest BCUT2D eigenvalue weighted by Gasteiger charge is 2.34. The molecule has 0 spiro atoms. The number of rotatable bonds is 1. The average molecular weight is 313 g/mol. The van der Waals surface area contributed by atoms with Gasteiger partial charge in [0.05, 0.1) is 22.7 Å². The van der Waals surface area contributed by atoms with E-state index in [1.54, 1.807) is 6.07 Å². The minimum Gasteiger partial charge on any atom is -0.335 e. The molecule has 1 aliphatic heterocycles. The Morgan fingerprint density at radius 2 is 2.10 bits per heavy atom. The largest absolute Gasteiger partial charge is 0.417 e. The molecule has 0 saturated carbocycles. The molecular weight excluding hydrogens is 299 g/mol. The number of benzene rings is 1. The van der Waals surface area contributed by atoms with Crippen LogP contribution >= 0.6 is 11.8 Å². The molecule has 0 atom stereocenters. The molecule has 0 aliphatic carbocycles. The molecule has 2 rings (SSSR count). The predicted octanol–water partition coefficient (Wildman–Crippen LogP) is 4.26. The zero-order chi connectivity index (χ0) is 15.7. The molecule has 1 heterocycles. The number of hydrogen-bond acceptors (Lipinski definition) is 4. The van der Waals surface area contributed by atoms with Crippen molar-refractivity contribution < 1.29 is 13.2 Å². The maximum absolute atomic E-state index is 12.9. The van der Waals surface area contributed by atoms with Gasteiger partial charge in [-0.05, 0) is 38.5 Å². The van der Waals surface area contributed by atoms with Gasteiger partial charge in [-0.1, -0.05) is 11.8 Å². The summed E-state index contributed by atoms with van der Waals surface area (Å²) in [5.74, 6) is 0.862. The van der Waals surface area contributed by atoms with Crippen molar-refractivity contribution in [2.24, 2.45) is 4.99 Å². The van der Waals surface area contributed by atoms with E-state index in [-0.39, 0.29) is 16.8 Å². The van der Waals surface area contributed by atoms with Crippen molar-refractivity contribution in [2.45, 2.75) is 32.0 Å². The van der Waals surface area contributed by atoms with Gasteiger partial charge in [-0.3, -0.25) is 4.99 Å². The first-order chi connectivity index (χ1) is 9.71. The Labute approximate surface area is 125 Å². The molecule has 1 aliphatic rings. The van der Waals surface area contributed by atoms with Crippen molar-refractivity contribution in [3.8, 4) is 6.07 Å². The number of hydrogen-bond donors (Lipinski definition) is 1. The van der Waals surface area contributed by atoms with Crippen LogP contribution in [-0.4, -0.2) is 16.5 Å². The summed E-state index contributed by atoms with van der Waals surface area (Å²) in [5, 5.41) is 12.3. The first-order valence-electron chi connectivity index (χ1n) is 6.32. The fourth-order valence-electron chi connectivity index (χ4n) is 1.90. The molecular formula is C14H14F3N3S. The smallest absolute Gasteiger partial charge is 0.335 e. The normalized spacial score (nSPS) is 17.8. The van der Waals surface area contributed by atoms with E-state index in [1.165, 1.54) is 23.9 Å². The molecule has 112 valence electrons. The van der Waals surface area contributed by atoms with Crippen LogP contribution in [0.5, 0.6) is 0 Å². The van der Waals surface area contributed by atoms with Gasteiger partial charge in [-0.25, -0.2) is 0 Å². The minimum absolute atomic E-state index is 0.215. The van der Waals surface area contributed by atoms with Crippen LogP contribution in [0.1, 0.15) is 31.4 Å². The highest BCUT2D eigenvalue weighted by Crippen LogP contribution is 2.34. The van der Waals surface area contributed by atoms with E-state index in [0.717, 1.165) is 18.2 Å². The van der Waals surface area contributed by atoms with Gasteiger partial charge in [0.15, 0.2) is 5.17 Å². The van der Waals surface area contributed by atoms with E-state index < -0.39 is 11.7 Å².